The topological polar surface area (TPSA) is 62.2 Å². The standard InChI is InChI=1S/C15H26N2O4/c18-12-13-1-5-16(6-2-13)11-14(19)17-7-3-15(4-8-17)20-9-10-21-15/h13,18H,1-12H2. The van der Waals surface area contributed by atoms with Gasteiger partial charge in [0, 0.05) is 32.5 Å². The Labute approximate surface area is 126 Å². The predicted molar refractivity (Wildman–Crippen MR) is 76.7 cm³/mol. The SMILES string of the molecule is O=C(CN1CCC(CO)CC1)N1CCC2(CC1)OCCO2. The molecule has 0 aliphatic carbocycles. The number of nitrogens with zero attached hydrogens (tertiary/aromatic N) is 2. The summed E-state index contributed by atoms with van der Waals surface area (Å²) in [5.74, 6) is 0.226. The van der Waals surface area contributed by atoms with Crippen LogP contribution in [0, 0.1) is 5.92 Å². The van der Waals surface area contributed by atoms with E-state index in [1.807, 2.05) is 4.90 Å². The average Bonchev–Trinajstić information content (AvgIpc) is 2.97. The lowest BCUT2D eigenvalue weighted by atomic mass is 9.98. The summed E-state index contributed by atoms with van der Waals surface area (Å²) in [4.78, 5) is 16.5. The van der Waals surface area contributed by atoms with Gasteiger partial charge in [-0.25, -0.2) is 0 Å². The molecule has 0 bridgehead atoms. The molecule has 1 spiro atoms. The van der Waals surface area contributed by atoms with Gasteiger partial charge in [-0.1, -0.05) is 0 Å². The molecule has 0 aromatic heterocycles. The van der Waals surface area contributed by atoms with Gasteiger partial charge in [-0.2, -0.15) is 0 Å². The van der Waals surface area contributed by atoms with Gasteiger partial charge in [0.1, 0.15) is 0 Å². The normalized spacial score (nSPS) is 27.4. The summed E-state index contributed by atoms with van der Waals surface area (Å²) in [6.45, 7) is 5.42. The number of aliphatic hydroxyl groups excluding tert-OH is 1. The van der Waals surface area contributed by atoms with Crippen LogP contribution in [-0.2, 0) is 14.3 Å². The molecular weight excluding hydrogens is 272 g/mol. The number of ether oxygens (including phenoxy) is 2. The second kappa shape index (κ2) is 6.60. The van der Waals surface area contributed by atoms with Gasteiger partial charge in [0.25, 0.3) is 0 Å². The van der Waals surface area contributed by atoms with E-state index < -0.39 is 5.79 Å². The van der Waals surface area contributed by atoms with E-state index in [-0.39, 0.29) is 12.5 Å². The van der Waals surface area contributed by atoms with Crippen molar-refractivity contribution in [3.8, 4) is 0 Å². The van der Waals surface area contributed by atoms with Gasteiger partial charge in [0.15, 0.2) is 5.79 Å². The van der Waals surface area contributed by atoms with E-state index >= 15 is 0 Å². The van der Waals surface area contributed by atoms with Gasteiger partial charge in [0.05, 0.1) is 19.8 Å². The highest BCUT2D eigenvalue weighted by Crippen LogP contribution is 2.31. The third-order valence-corrected chi connectivity index (χ3v) is 5.02. The van der Waals surface area contributed by atoms with Crippen molar-refractivity contribution in [2.45, 2.75) is 31.5 Å². The quantitative estimate of drug-likeness (QED) is 0.798. The van der Waals surface area contributed by atoms with Gasteiger partial charge in [-0.05, 0) is 31.8 Å². The molecule has 0 aromatic rings. The molecule has 0 radical (unpaired) electrons. The highest BCUT2D eigenvalue weighted by Gasteiger charge is 2.40. The highest BCUT2D eigenvalue weighted by atomic mass is 16.7. The van der Waals surface area contributed by atoms with E-state index in [1.54, 1.807) is 0 Å². The molecule has 6 nitrogen and oxygen atoms in total. The Balaban J connectivity index is 1.42. The number of carbonyl (C=O) groups excluding carboxylic acids is 1. The van der Waals surface area contributed by atoms with Crippen LogP contribution in [0.15, 0.2) is 0 Å². The third-order valence-electron chi connectivity index (χ3n) is 5.02. The predicted octanol–water partition coefficient (Wildman–Crippen LogP) is 0.0562. The molecule has 3 saturated heterocycles. The van der Waals surface area contributed by atoms with Crippen LogP contribution in [0.2, 0.25) is 0 Å². The van der Waals surface area contributed by atoms with Gasteiger partial charge in [0.2, 0.25) is 5.91 Å². The van der Waals surface area contributed by atoms with Gasteiger partial charge in [-0.3, -0.25) is 9.69 Å². The van der Waals surface area contributed by atoms with Crippen molar-refractivity contribution in [2.75, 3.05) is 52.5 Å². The van der Waals surface area contributed by atoms with Crippen LogP contribution in [0.1, 0.15) is 25.7 Å². The monoisotopic (exact) mass is 298 g/mol. The summed E-state index contributed by atoms with van der Waals surface area (Å²) in [6, 6.07) is 0. The Morgan fingerprint density at radius 3 is 2.29 bits per heavy atom. The zero-order valence-corrected chi connectivity index (χ0v) is 12.6. The van der Waals surface area contributed by atoms with Crippen LogP contribution in [0.4, 0.5) is 0 Å². The molecule has 0 atom stereocenters. The fourth-order valence-electron chi connectivity index (χ4n) is 3.50. The van der Waals surface area contributed by atoms with Crippen LogP contribution in [0.3, 0.4) is 0 Å². The van der Waals surface area contributed by atoms with Gasteiger partial charge in [-0.15, -0.1) is 0 Å². The van der Waals surface area contributed by atoms with Crippen molar-refractivity contribution in [3.05, 3.63) is 0 Å². The molecule has 3 heterocycles. The first-order chi connectivity index (χ1) is 10.2. The molecule has 0 saturated carbocycles. The summed E-state index contributed by atoms with van der Waals surface area (Å²) >= 11 is 0. The minimum atomic E-state index is -0.406. The molecule has 120 valence electrons. The van der Waals surface area contributed by atoms with Crippen molar-refractivity contribution in [2.24, 2.45) is 5.92 Å². The first-order valence-corrected chi connectivity index (χ1v) is 8.10. The minimum absolute atomic E-state index is 0.213. The number of rotatable bonds is 3. The second-order valence-electron chi connectivity index (χ2n) is 6.39. The molecule has 3 aliphatic heterocycles. The minimum Gasteiger partial charge on any atom is -0.396 e. The molecule has 1 N–H and O–H groups in total. The van der Waals surface area contributed by atoms with Crippen molar-refractivity contribution >= 4 is 5.91 Å². The van der Waals surface area contributed by atoms with E-state index in [0.717, 1.165) is 51.9 Å². The van der Waals surface area contributed by atoms with Crippen LogP contribution in [0.5, 0.6) is 0 Å². The van der Waals surface area contributed by atoms with Crippen molar-refractivity contribution in [1.29, 1.82) is 0 Å². The Hall–Kier alpha value is -0.690. The van der Waals surface area contributed by atoms with Crippen LogP contribution in [0.25, 0.3) is 0 Å². The summed E-state index contributed by atoms with van der Waals surface area (Å²) in [7, 11) is 0. The maximum Gasteiger partial charge on any atom is 0.236 e. The average molecular weight is 298 g/mol. The Bertz CT molecular complexity index is 353. The molecule has 6 heteroatoms. The number of piperidine rings is 2. The Morgan fingerprint density at radius 1 is 1.10 bits per heavy atom. The Morgan fingerprint density at radius 2 is 1.71 bits per heavy atom. The largest absolute Gasteiger partial charge is 0.396 e. The number of hydrogen-bond donors (Lipinski definition) is 1. The zero-order valence-electron chi connectivity index (χ0n) is 12.6. The number of aliphatic hydroxyl groups is 1. The second-order valence-corrected chi connectivity index (χ2v) is 6.39. The molecule has 21 heavy (non-hydrogen) atoms. The number of hydrogen-bond acceptors (Lipinski definition) is 5. The van der Waals surface area contributed by atoms with Crippen molar-refractivity contribution < 1.29 is 19.4 Å². The highest BCUT2D eigenvalue weighted by molar-refractivity contribution is 5.78. The molecule has 1 amide bonds. The van der Waals surface area contributed by atoms with Gasteiger partial charge < -0.3 is 19.5 Å². The molecular formula is C15H26N2O4. The molecule has 0 unspecified atom stereocenters. The first-order valence-electron chi connectivity index (χ1n) is 8.10. The maximum atomic E-state index is 12.4. The third kappa shape index (κ3) is 3.56. The lowest BCUT2D eigenvalue weighted by Gasteiger charge is -2.39. The van der Waals surface area contributed by atoms with E-state index in [9.17, 15) is 4.79 Å². The van der Waals surface area contributed by atoms with E-state index in [4.69, 9.17) is 14.6 Å². The molecule has 3 aliphatic rings. The fourth-order valence-corrected chi connectivity index (χ4v) is 3.50. The zero-order chi connectivity index (χ0) is 14.7. The van der Waals surface area contributed by atoms with E-state index in [0.29, 0.717) is 25.7 Å². The first kappa shape index (κ1) is 15.2. The molecule has 0 aromatic carbocycles. The summed E-state index contributed by atoms with van der Waals surface area (Å²) in [5, 5.41) is 9.15. The lowest BCUT2D eigenvalue weighted by molar-refractivity contribution is -0.187. The van der Waals surface area contributed by atoms with Gasteiger partial charge >= 0.3 is 0 Å². The fraction of sp³-hybridized carbons (Fsp3) is 0.933. The van der Waals surface area contributed by atoms with Crippen LogP contribution >= 0.6 is 0 Å². The smallest absolute Gasteiger partial charge is 0.236 e. The lowest BCUT2D eigenvalue weighted by Crippen LogP contribution is -2.50. The van der Waals surface area contributed by atoms with Crippen LogP contribution in [-0.4, -0.2) is 79.1 Å². The summed E-state index contributed by atoms with van der Waals surface area (Å²) in [5.41, 5.74) is 0. The van der Waals surface area contributed by atoms with Crippen molar-refractivity contribution in [1.82, 2.24) is 9.80 Å². The summed E-state index contributed by atoms with van der Waals surface area (Å²) in [6.07, 6.45) is 3.56. The Kier molecular flexibility index (Phi) is 4.78. The maximum absolute atomic E-state index is 12.4. The molecule has 3 fully saturated rings. The van der Waals surface area contributed by atoms with E-state index in [2.05, 4.69) is 4.90 Å². The van der Waals surface area contributed by atoms with Crippen LogP contribution < -0.4 is 0 Å². The van der Waals surface area contributed by atoms with E-state index in [1.165, 1.54) is 0 Å². The molecule has 3 rings (SSSR count). The number of amides is 1. The summed E-state index contributed by atoms with van der Waals surface area (Å²) < 4.78 is 11.4. The number of carbonyl (C=O) groups is 1. The number of likely N-dealkylation sites (tertiary alicyclic amines) is 2. The van der Waals surface area contributed by atoms with Crippen molar-refractivity contribution in [3.63, 3.8) is 0 Å².